The summed E-state index contributed by atoms with van der Waals surface area (Å²) < 4.78 is 41.7. The van der Waals surface area contributed by atoms with Crippen LogP contribution in [-0.4, -0.2) is 46.4 Å². The van der Waals surface area contributed by atoms with Gasteiger partial charge in [-0.1, -0.05) is 20.8 Å². The van der Waals surface area contributed by atoms with Crippen molar-refractivity contribution >= 4 is 23.4 Å². The summed E-state index contributed by atoms with van der Waals surface area (Å²) in [5.41, 5.74) is -0.501. The first-order chi connectivity index (χ1) is 13.8. The lowest BCUT2D eigenvalue weighted by Crippen LogP contribution is -2.45. The minimum Gasteiger partial charge on any atom is -0.484 e. The van der Waals surface area contributed by atoms with Crippen LogP contribution in [-0.2, 0) is 4.79 Å². The van der Waals surface area contributed by atoms with Crippen molar-refractivity contribution in [3.05, 3.63) is 24.3 Å². The number of rotatable bonds is 5. The number of ether oxygens (including phenoxy) is 1. The zero-order valence-electron chi connectivity index (χ0n) is 17.7. The molecule has 2 aliphatic rings. The van der Waals surface area contributed by atoms with E-state index in [-0.39, 0.29) is 16.4 Å². The predicted octanol–water partition coefficient (Wildman–Crippen LogP) is 5.19. The van der Waals surface area contributed by atoms with E-state index in [0.29, 0.717) is 43.7 Å². The predicted molar refractivity (Wildman–Crippen MR) is 113 cm³/mol. The first-order valence-corrected chi connectivity index (χ1v) is 11.3. The molecule has 0 radical (unpaired) electrons. The van der Waals surface area contributed by atoms with E-state index in [4.69, 9.17) is 4.74 Å². The monoisotopic (exact) mass is 445 g/mol. The molecule has 2 fully saturated rings. The summed E-state index contributed by atoms with van der Waals surface area (Å²) in [6.45, 7) is 5.63. The molecule has 1 aromatic carbocycles. The molecule has 4 nitrogen and oxygen atoms in total. The fourth-order valence-electron chi connectivity index (χ4n) is 4.11. The summed E-state index contributed by atoms with van der Waals surface area (Å²) in [7, 11) is 0. The van der Waals surface area contributed by atoms with Crippen molar-refractivity contribution in [1.82, 2.24) is 0 Å². The standard InChI is InChI=1S/C22H30F3NO3S/c1-19(2,3)30-15-21(28)10-8-20(9-11-21)12-13-26(18(20)27)16-4-6-17(7-5-16)29-14-22(23,24)25/h4-7,28H,8-15H2,1-3H3. The maximum absolute atomic E-state index is 13.2. The van der Waals surface area contributed by atoms with E-state index in [1.165, 1.54) is 12.1 Å². The maximum atomic E-state index is 13.2. The molecule has 1 spiro atoms. The smallest absolute Gasteiger partial charge is 0.422 e. The van der Waals surface area contributed by atoms with E-state index < -0.39 is 23.8 Å². The van der Waals surface area contributed by atoms with Gasteiger partial charge >= 0.3 is 6.18 Å². The maximum Gasteiger partial charge on any atom is 0.422 e. The number of aliphatic hydroxyl groups is 1. The van der Waals surface area contributed by atoms with Crippen LogP contribution >= 0.6 is 11.8 Å². The lowest BCUT2D eigenvalue weighted by atomic mass is 9.68. The fourth-order valence-corrected chi connectivity index (χ4v) is 5.10. The highest BCUT2D eigenvalue weighted by molar-refractivity contribution is 8.00. The third kappa shape index (κ3) is 5.63. The molecule has 0 aromatic heterocycles. The number of benzene rings is 1. The molecule has 1 saturated carbocycles. The highest BCUT2D eigenvalue weighted by atomic mass is 32.2. The molecule has 0 unspecified atom stereocenters. The number of carbonyl (C=O) groups excluding carboxylic acids is 1. The number of hydrogen-bond acceptors (Lipinski definition) is 4. The second-order valence-electron chi connectivity index (χ2n) is 9.51. The Labute approximate surface area is 180 Å². The number of amides is 1. The summed E-state index contributed by atoms with van der Waals surface area (Å²) in [5.74, 6) is 0.845. The molecule has 168 valence electrons. The first-order valence-electron chi connectivity index (χ1n) is 10.3. The molecule has 1 aromatic rings. The molecule has 8 heteroatoms. The van der Waals surface area contributed by atoms with Gasteiger partial charge in [0.1, 0.15) is 5.75 Å². The molecular weight excluding hydrogens is 415 g/mol. The number of anilines is 1. The summed E-state index contributed by atoms with van der Waals surface area (Å²) in [4.78, 5) is 14.9. The molecule has 0 bridgehead atoms. The Morgan fingerprint density at radius 1 is 1.07 bits per heavy atom. The Bertz CT molecular complexity index is 750. The van der Waals surface area contributed by atoms with Crippen molar-refractivity contribution in [2.24, 2.45) is 5.41 Å². The lowest BCUT2D eigenvalue weighted by molar-refractivity contribution is -0.153. The molecular formula is C22H30F3NO3S. The molecule has 0 atom stereocenters. The van der Waals surface area contributed by atoms with E-state index in [1.54, 1.807) is 28.8 Å². The number of hydrogen-bond donors (Lipinski definition) is 1. The molecule has 1 amide bonds. The van der Waals surface area contributed by atoms with Crippen molar-refractivity contribution in [2.75, 3.05) is 23.8 Å². The van der Waals surface area contributed by atoms with Gasteiger partial charge < -0.3 is 14.7 Å². The van der Waals surface area contributed by atoms with Gasteiger partial charge in [0.25, 0.3) is 0 Å². The van der Waals surface area contributed by atoms with Crippen LogP contribution in [0.25, 0.3) is 0 Å². The number of nitrogens with zero attached hydrogens (tertiary/aromatic N) is 1. The lowest BCUT2D eigenvalue weighted by Gasteiger charge is -2.41. The van der Waals surface area contributed by atoms with Crippen LogP contribution in [0.3, 0.4) is 0 Å². The largest absolute Gasteiger partial charge is 0.484 e. The average molecular weight is 446 g/mol. The summed E-state index contributed by atoms with van der Waals surface area (Å²) in [6.07, 6.45) is -1.10. The van der Waals surface area contributed by atoms with Gasteiger partial charge in [0.2, 0.25) is 5.91 Å². The van der Waals surface area contributed by atoms with Crippen molar-refractivity contribution in [1.29, 1.82) is 0 Å². The minimum atomic E-state index is -4.38. The van der Waals surface area contributed by atoms with Crippen molar-refractivity contribution in [3.8, 4) is 5.75 Å². The van der Waals surface area contributed by atoms with Crippen LogP contribution in [0.5, 0.6) is 5.75 Å². The van der Waals surface area contributed by atoms with E-state index >= 15 is 0 Å². The molecule has 1 saturated heterocycles. The van der Waals surface area contributed by atoms with E-state index in [9.17, 15) is 23.1 Å². The SMILES string of the molecule is CC(C)(C)SCC1(O)CCC2(CCN(c3ccc(OCC(F)(F)F)cc3)C2=O)CC1. The summed E-state index contributed by atoms with van der Waals surface area (Å²) in [6, 6.07) is 6.18. The normalized spacial score (nSPS) is 27.7. The Morgan fingerprint density at radius 3 is 2.20 bits per heavy atom. The summed E-state index contributed by atoms with van der Waals surface area (Å²) in [5, 5.41) is 10.9. The van der Waals surface area contributed by atoms with Gasteiger partial charge in [0, 0.05) is 22.7 Å². The van der Waals surface area contributed by atoms with E-state index in [0.717, 1.165) is 6.42 Å². The van der Waals surface area contributed by atoms with Crippen LogP contribution in [0, 0.1) is 5.41 Å². The Balaban J connectivity index is 1.60. The van der Waals surface area contributed by atoms with Crippen molar-refractivity contribution in [3.63, 3.8) is 0 Å². The molecule has 30 heavy (non-hydrogen) atoms. The quantitative estimate of drug-likeness (QED) is 0.678. The molecule has 1 N–H and O–H groups in total. The molecule has 1 aliphatic heterocycles. The fraction of sp³-hybridized carbons (Fsp3) is 0.682. The third-order valence-corrected chi connectivity index (χ3v) is 7.52. The third-order valence-electron chi connectivity index (χ3n) is 5.98. The van der Waals surface area contributed by atoms with Crippen molar-refractivity contribution in [2.45, 2.75) is 69.4 Å². The van der Waals surface area contributed by atoms with Crippen LogP contribution in [0.2, 0.25) is 0 Å². The average Bonchev–Trinajstić information content (AvgIpc) is 2.97. The van der Waals surface area contributed by atoms with Crippen molar-refractivity contribution < 1.29 is 27.8 Å². The molecule has 1 heterocycles. The highest BCUT2D eigenvalue weighted by Gasteiger charge is 2.51. The first kappa shape index (κ1) is 23.3. The van der Waals surface area contributed by atoms with Gasteiger partial charge in [-0.3, -0.25) is 4.79 Å². The Morgan fingerprint density at radius 2 is 1.67 bits per heavy atom. The second-order valence-corrected chi connectivity index (χ2v) is 11.3. The number of alkyl halides is 3. The highest BCUT2D eigenvalue weighted by Crippen LogP contribution is 2.49. The van der Waals surface area contributed by atoms with Crippen LogP contribution < -0.4 is 9.64 Å². The number of thioether (sulfide) groups is 1. The number of halogens is 3. The van der Waals surface area contributed by atoms with Gasteiger partial charge in [-0.2, -0.15) is 24.9 Å². The topological polar surface area (TPSA) is 49.8 Å². The van der Waals surface area contributed by atoms with Gasteiger partial charge in [-0.25, -0.2) is 0 Å². The zero-order chi connectivity index (χ0) is 22.2. The van der Waals surface area contributed by atoms with Crippen LogP contribution in [0.4, 0.5) is 18.9 Å². The van der Waals surface area contributed by atoms with Crippen LogP contribution in [0.1, 0.15) is 52.9 Å². The van der Waals surface area contributed by atoms with Gasteiger partial charge in [0.05, 0.1) is 11.0 Å². The molecule has 3 rings (SSSR count). The summed E-state index contributed by atoms with van der Waals surface area (Å²) >= 11 is 1.75. The molecule has 1 aliphatic carbocycles. The zero-order valence-corrected chi connectivity index (χ0v) is 18.5. The van der Waals surface area contributed by atoms with E-state index in [1.807, 2.05) is 0 Å². The number of carbonyl (C=O) groups is 1. The van der Waals surface area contributed by atoms with Gasteiger partial charge in [0.15, 0.2) is 6.61 Å². The second kappa shape index (κ2) is 8.26. The van der Waals surface area contributed by atoms with Gasteiger partial charge in [-0.05, 0) is 56.4 Å². The van der Waals surface area contributed by atoms with Gasteiger partial charge in [-0.15, -0.1) is 0 Å². The minimum absolute atomic E-state index is 0.0528. The Kier molecular flexibility index (Phi) is 6.41. The van der Waals surface area contributed by atoms with Crippen LogP contribution in [0.15, 0.2) is 24.3 Å². The Hall–Kier alpha value is -1.41. The van der Waals surface area contributed by atoms with E-state index in [2.05, 4.69) is 20.8 Å².